The maximum Gasteiger partial charge on any atom is 2.00 e. The van der Waals surface area contributed by atoms with Crippen LogP contribution in [0, 0.1) is 0 Å². The Balaban J connectivity index is 0.00000227. The van der Waals surface area contributed by atoms with Gasteiger partial charge in [0.15, 0.2) is 0 Å². The summed E-state index contributed by atoms with van der Waals surface area (Å²) in [6.07, 6.45) is 0.619. The van der Waals surface area contributed by atoms with Crippen LogP contribution in [0.3, 0.4) is 0 Å². The van der Waals surface area contributed by atoms with E-state index in [0.717, 1.165) is 29.2 Å². The zero-order chi connectivity index (χ0) is 26.9. The van der Waals surface area contributed by atoms with Gasteiger partial charge in [-0.25, -0.2) is 0 Å². The molecule has 0 spiro atoms. The van der Waals surface area contributed by atoms with Crippen molar-refractivity contribution < 1.29 is 5.11 Å². The molecule has 2 aromatic carbocycles. The number of para-hydroxylation sites is 2. The van der Waals surface area contributed by atoms with Gasteiger partial charge in [0.2, 0.25) is 0 Å². The number of hydrogen-bond acceptors (Lipinski definition) is 3. The predicted octanol–water partition coefficient (Wildman–Crippen LogP) is 9.46. The minimum absolute atomic E-state index is 0. The van der Waals surface area contributed by atoms with E-state index in [1.165, 1.54) is 22.3 Å². The van der Waals surface area contributed by atoms with Crippen molar-refractivity contribution in [1.82, 2.24) is 0 Å². The molecule has 0 radical (unpaired) electrons. The van der Waals surface area contributed by atoms with Crippen molar-refractivity contribution in [2.75, 3.05) is 0 Å². The van der Waals surface area contributed by atoms with Crippen LogP contribution in [0.25, 0.3) is 0 Å². The molecule has 3 nitrogen and oxygen atoms in total. The van der Waals surface area contributed by atoms with Gasteiger partial charge in [-0.3, -0.25) is 9.98 Å². The Bertz CT molecular complexity index is 868. The Kier molecular flexibility index (Phi) is 15.7. The van der Waals surface area contributed by atoms with Crippen LogP contribution in [0.5, 0.6) is 0 Å². The molecule has 0 aliphatic carbocycles. The average molecular weight is 503 g/mol. The molecule has 0 aromatic heterocycles. The molecule has 0 aliphatic heterocycles. The smallest absolute Gasteiger partial charge is 0.394 e. The Labute approximate surface area is 238 Å². The molecule has 2 rings (SSSR count). The van der Waals surface area contributed by atoms with E-state index in [4.69, 9.17) is 15.1 Å². The molecule has 0 atom stereocenters. The van der Waals surface area contributed by atoms with Crippen LogP contribution < -0.4 is 0 Å². The molecular weight excluding hydrogens is 453 g/mol. The fourth-order valence-electron chi connectivity index (χ4n) is 4.11. The molecule has 0 bridgehead atoms. The largest absolute Gasteiger partial charge is 2.00 e. The first-order valence-electron chi connectivity index (χ1n) is 13.3. The van der Waals surface area contributed by atoms with E-state index in [0.29, 0.717) is 23.7 Å². The van der Waals surface area contributed by atoms with E-state index in [2.05, 4.69) is 106 Å². The molecule has 0 saturated carbocycles. The van der Waals surface area contributed by atoms with Gasteiger partial charge in [-0.15, -0.1) is 0 Å². The zero-order valence-electron chi connectivity index (χ0n) is 25.1. The number of rotatable bonds is 8. The number of aliphatic hydroxyl groups is 1. The second-order valence-electron chi connectivity index (χ2n) is 11.2. The minimum atomic E-state index is -0.167. The topological polar surface area (TPSA) is 45.0 Å². The summed E-state index contributed by atoms with van der Waals surface area (Å²) >= 11 is 0. The van der Waals surface area contributed by atoms with Crippen LogP contribution in [0.2, 0.25) is 0 Å². The van der Waals surface area contributed by atoms with E-state index in [1.54, 1.807) is 13.8 Å². The zero-order valence-corrected chi connectivity index (χ0v) is 26.5. The van der Waals surface area contributed by atoms with E-state index in [1.807, 2.05) is 0 Å². The van der Waals surface area contributed by atoms with Crippen molar-refractivity contribution in [2.24, 2.45) is 9.98 Å². The summed E-state index contributed by atoms with van der Waals surface area (Å²) in [6.45, 7) is 25.7. The Morgan fingerprint density at radius 3 is 1.00 bits per heavy atom. The average Bonchev–Trinajstić information content (AvgIpc) is 2.72. The number of aliphatic imine (C=N–C) groups is 2. The first-order valence-corrected chi connectivity index (χ1v) is 13.3. The summed E-state index contributed by atoms with van der Waals surface area (Å²) in [6, 6.07) is 13.2. The number of aliphatic hydroxyl groups excluding tert-OH is 1. The Hall–Kier alpha value is -1.49. The summed E-state index contributed by atoms with van der Waals surface area (Å²) in [5, 5.41) is 8.06. The molecule has 36 heavy (non-hydrogen) atoms. The minimum Gasteiger partial charge on any atom is -0.394 e. The standard InChI is InChI=1S/C29H42N2.C3H8O.Mg/c1-18(2)24-13-11-14-25(19(3)4)28(24)30-22(9)17-23(10)31-29-26(20(5)6)15-12-16-27(29)21(7)8;1-3(2)4;/h11-16,18-21H,17H2,1-10H3;3-4H,1-2H3;/q;;+2. The van der Waals surface area contributed by atoms with Crippen molar-refractivity contribution in [1.29, 1.82) is 0 Å². The third-order valence-electron chi connectivity index (χ3n) is 5.80. The van der Waals surface area contributed by atoms with Crippen molar-refractivity contribution in [2.45, 2.75) is 119 Å². The first-order chi connectivity index (χ1) is 16.3. The van der Waals surface area contributed by atoms with Crippen LogP contribution in [-0.2, 0) is 0 Å². The van der Waals surface area contributed by atoms with Crippen LogP contribution in [0.15, 0.2) is 46.4 Å². The van der Waals surface area contributed by atoms with Crippen molar-refractivity contribution in [3.8, 4) is 0 Å². The van der Waals surface area contributed by atoms with Gasteiger partial charge < -0.3 is 5.11 Å². The summed E-state index contributed by atoms with van der Waals surface area (Å²) in [7, 11) is 0. The maximum absolute atomic E-state index is 8.06. The van der Waals surface area contributed by atoms with Crippen LogP contribution in [-0.4, -0.2) is 45.7 Å². The molecule has 1 N–H and O–H groups in total. The Morgan fingerprint density at radius 1 is 0.583 bits per heavy atom. The van der Waals surface area contributed by atoms with E-state index in [9.17, 15) is 0 Å². The molecule has 0 unspecified atom stereocenters. The van der Waals surface area contributed by atoms with Gasteiger partial charge in [0, 0.05) is 23.9 Å². The summed E-state index contributed by atoms with van der Waals surface area (Å²) < 4.78 is 0. The van der Waals surface area contributed by atoms with Gasteiger partial charge in [-0.05, 0) is 73.6 Å². The molecule has 0 aliphatic rings. The number of nitrogens with zero attached hydrogens (tertiary/aromatic N) is 2. The fourth-order valence-corrected chi connectivity index (χ4v) is 4.11. The quantitative estimate of drug-likeness (QED) is 0.283. The second kappa shape index (κ2) is 16.4. The van der Waals surface area contributed by atoms with Crippen LogP contribution >= 0.6 is 0 Å². The SMILES string of the molecule is CC(C)O.CC(CC(C)=Nc1c(C(C)C)cccc1C(C)C)=Nc1c(C(C)C)cccc1C(C)C.[Mg+2]. The summed E-state index contributed by atoms with van der Waals surface area (Å²) in [4.78, 5) is 10.3. The predicted molar refractivity (Wildman–Crippen MR) is 163 cm³/mol. The van der Waals surface area contributed by atoms with Gasteiger partial charge in [-0.1, -0.05) is 91.8 Å². The monoisotopic (exact) mass is 502 g/mol. The summed E-state index contributed by atoms with van der Waals surface area (Å²) in [5.74, 6) is 1.80. The second-order valence-corrected chi connectivity index (χ2v) is 11.2. The van der Waals surface area contributed by atoms with Crippen molar-refractivity contribution in [3.05, 3.63) is 58.7 Å². The molecule has 0 fully saturated rings. The first kappa shape index (κ1) is 34.5. The normalized spacial score (nSPS) is 12.4. The van der Waals surface area contributed by atoms with Crippen LogP contribution in [0.1, 0.15) is 135 Å². The molecule has 0 saturated heterocycles. The van der Waals surface area contributed by atoms with Gasteiger partial charge >= 0.3 is 23.1 Å². The van der Waals surface area contributed by atoms with E-state index >= 15 is 0 Å². The van der Waals surface area contributed by atoms with Gasteiger partial charge in [0.25, 0.3) is 0 Å². The molecular formula is C32H50MgN2O+2. The van der Waals surface area contributed by atoms with Gasteiger partial charge in [0.1, 0.15) is 0 Å². The van der Waals surface area contributed by atoms with E-state index in [-0.39, 0.29) is 29.2 Å². The number of benzene rings is 2. The fraction of sp³-hybridized carbons (Fsp3) is 0.562. The van der Waals surface area contributed by atoms with Gasteiger partial charge in [-0.2, -0.15) is 0 Å². The van der Waals surface area contributed by atoms with E-state index < -0.39 is 0 Å². The van der Waals surface area contributed by atoms with Crippen molar-refractivity contribution in [3.63, 3.8) is 0 Å². The maximum atomic E-state index is 8.06. The molecule has 0 amide bonds. The summed E-state index contributed by atoms with van der Waals surface area (Å²) in [5.41, 5.74) is 9.85. The van der Waals surface area contributed by atoms with Gasteiger partial charge in [0.05, 0.1) is 11.4 Å². The third-order valence-corrected chi connectivity index (χ3v) is 5.80. The molecule has 0 heterocycles. The Morgan fingerprint density at radius 2 is 0.806 bits per heavy atom. The van der Waals surface area contributed by atoms with Crippen LogP contribution in [0.4, 0.5) is 11.4 Å². The molecule has 2 aromatic rings. The molecule has 4 heteroatoms. The molecule has 194 valence electrons. The van der Waals surface area contributed by atoms with Crippen molar-refractivity contribution >= 4 is 45.9 Å². The number of hydrogen-bond donors (Lipinski definition) is 1. The third kappa shape index (κ3) is 10.9.